The quantitative estimate of drug-likeness (QED) is 0.712. The van der Waals surface area contributed by atoms with Crippen molar-refractivity contribution in [2.75, 3.05) is 0 Å². The molecule has 0 saturated carbocycles. The first-order chi connectivity index (χ1) is 11.0. The van der Waals surface area contributed by atoms with E-state index in [-0.39, 0.29) is 29.6 Å². The van der Waals surface area contributed by atoms with Gasteiger partial charge in [-0.3, -0.25) is 4.79 Å². The Balaban J connectivity index is 1.80. The number of aromatic nitrogens is 1. The number of aromatic carboxylic acids is 1. The van der Waals surface area contributed by atoms with Crippen LogP contribution in [0.4, 0.5) is 0 Å². The number of amides is 1. The van der Waals surface area contributed by atoms with E-state index < -0.39 is 11.6 Å². The fraction of sp³-hybridized carbons (Fsp3) is 0.400. The Morgan fingerprint density at radius 1 is 1.35 bits per heavy atom. The van der Waals surface area contributed by atoms with Crippen molar-refractivity contribution in [3.8, 4) is 12.3 Å². The van der Waals surface area contributed by atoms with E-state index in [1.807, 2.05) is 0 Å². The van der Waals surface area contributed by atoms with Gasteiger partial charge in [0.05, 0.1) is 17.3 Å². The fourth-order valence-corrected chi connectivity index (χ4v) is 2.18. The summed E-state index contributed by atoms with van der Waals surface area (Å²) in [6.45, 7) is 0.127. The lowest BCUT2D eigenvalue weighted by Crippen LogP contribution is -2.25. The minimum Gasteiger partial charge on any atom is -0.476 e. The van der Waals surface area contributed by atoms with Crippen LogP contribution in [0.2, 0.25) is 5.02 Å². The normalized spacial score (nSPS) is 14.1. The second-order valence-electron chi connectivity index (χ2n) is 5.10. The molecule has 1 aliphatic rings. The standard InChI is InChI=1S/C15H15ClN4O3/c1-2-3-7-15(19-20-15)8-6-12(21)17-9-10-4-5-11(16)13(18-10)14(22)23/h1,4-5H,3,6-9H2,(H,17,21)(H,22,23). The number of carbonyl (C=O) groups excluding carboxylic acids is 1. The molecule has 7 nitrogen and oxygen atoms in total. The maximum Gasteiger partial charge on any atom is 0.356 e. The number of nitrogens with one attached hydrogen (secondary N) is 1. The molecule has 1 amide bonds. The first kappa shape index (κ1) is 16.9. The third-order valence-electron chi connectivity index (χ3n) is 3.38. The maximum atomic E-state index is 11.8. The molecular formula is C15H15ClN4O3. The van der Waals surface area contributed by atoms with Gasteiger partial charge in [-0.05, 0) is 12.1 Å². The summed E-state index contributed by atoms with van der Waals surface area (Å²) in [6.07, 6.45) is 7.20. The molecule has 0 aromatic carbocycles. The molecule has 1 aromatic heterocycles. The van der Waals surface area contributed by atoms with Gasteiger partial charge in [-0.2, -0.15) is 10.2 Å². The topological polar surface area (TPSA) is 104 Å². The van der Waals surface area contributed by atoms with Crippen molar-refractivity contribution in [1.82, 2.24) is 10.3 Å². The van der Waals surface area contributed by atoms with E-state index >= 15 is 0 Å². The predicted molar refractivity (Wildman–Crippen MR) is 82.9 cm³/mol. The first-order valence-corrected chi connectivity index (χ1v) is 7.36. The minimum absolute atomic E-state index is 0.0555. The second-order valence-corrected chi connectivity index (χ2v) is 5.51. The third-order valence-corrected chi connectivity index (χ3v) is 3.68. The van der Waals surface area contributed by atoms with Crippen molar-refractivity contribution in [3.05, 3.63) is 28.5 Å². The summed E-state index contributed by atoms with van der Waals surface area (Å²) in [5, 5.41) is 19.6. The molecule has 2 rings (SSSR count). The molecule has 0 radical (unpaired) electrons. The Bertz CT molecular complexity index is 690. The van der Waals surface area contributed by atoms with Crippen LogP contribution < -0.4 is 5.32 Å². The third kappa shape index (κ3) is 4.76. The summed E-state index contributed by atoms with van der Waals surface area (Å²) >= 11 is 5.74. The average Bonchev–Trinajstić information content (AvgIpc) is 3.30. The molecule has 0 fully saturated rings. The van der Waals surface area contributed by atoms with Crippen LogP contribution in [-0.2, 0) is 11.3 Å². The Labute approximate surface area is 138 Å². The number of halogens is 1. The summed E-state index contributed by atoms with van der Waals surface area (Å²) in [5.41, 5.74) is -0.302. The van der Waals surface area contributed by atoms with E-state index in [1.165, 1.54) is 6.07 Å². The molecular weight excluding hydrogens is 320 g/mol. The summed E-state index contributed by atoms with van der Waals surface area (Å²) in [7, 11) is 0. The van der Waals surface area contributed by atoms with Crippen LogP contribution in [0.1, 0.15) is 41.9 Å². The maximum absolute atomic E-state index is 11.8. The van der Waals surface area contributed by atoms with Crippen LogP contribution in [0.25, 0.3) is 0 Å². The smallest absolute Gasteiger partial charge is 0.356 e. The molecule has 0 bridgehead atoms. The van der Waals surface area contributed by atoms with Crippen LogP contribution in [0.15, 0.2) is 22.4 Å². The number of hydrogen-bond donors (Lipinski definition) is 2. The summed E-state index contributed by atoms with van der Waals surface area (Å²) < 4.78 is 0. The highest BCUT2D eigenvalue weighted by Crippen LogP contribution is 2.37. The van der Waals surface area contributed by atoms with Gasteiger partial charge in [0.25, 0.3) is 0 Å². The summed E-state index contributed by atoms with van der Waals surface area (Å²) in [4.78, 5) is 26.7. The van der Waals surface area contributed by atoms with Crippen molar-refractivity contribution < 1.29 is 14.7 Å². The highest BCUT2D eigenvalue weighted by atomic mass is 35.5. The van der Waals surface area contributed by atoms with Gasteiger partial charge >= 0.3 is 5.97 Å². The van der Waals surface area contributed by atoms with Crippen LogP contribution >= 0.6 is 11.6 Å². The largest absolute Gasteiger partial charge is 0.476 e. The molecule has 2 N–H and O–H groups in total. The van der Waals surface area contributed by atoms with Gasteiger partial charge in [0.1, 0.15) is 0 Å². The number of pyridine rings is 1. The second kappa shape index (κ2) is 7.20. The van der Waals surface area contributed by atoms with E-state index in [1.54, 1.807) is 6.07 Å². The lowest BCUT2D eigenvalue weighted by atomic mass is 10.0. The van der Waals surface area contributed by atoms with Gasteiger partial charge in [-0.1, -0.05) is 11.6 Å². The molecule has 0 saturated heterocycles. The van der Waals surface area contributed by atoms with E-state index in [0.29, 0.717) is 25.0 Å². The molecule has 0 spiro atoms. The molecule has 0 aliphatic carbocycles. The zero-order valence-corrected chi connectivity index (χ0v) is 13.0. The van der Waals surface area contributed by atoms with Crippen molar-refractivity contribution in [3.63, 3.8) is 0 Å². The highest BCUT2D eigenvalue weighted by molar-refractivity contribution is 6.33. The first-order valence-electron chi connectivity index (χ1n) is 6.99. The molecule has 2 heterocycles. The molecule has 23 heavy (non-hydrogen) atoms. The van der Waals surface area contributed by atoms with Gasteiger partial charge < -0.3 is 10.4 Å². The van der Waals surface area contributed by atoms with E-state index in [0.717, 1.165) is 0 Å². The number of terminal acetylenes is 1. The van der Waals surface area contributed by atoms with Gasteiger partial charge in [0.2, 0.25) is 5.91 Å². The van der Waals surface area contributed by atoms with Gasteiger partial charge in [0, 0.05) is 25.7 Å². The number of carboxylic acids is 1. The van der Waals surface area contributed by atoms with Crippen molar-refractivity contribution in [2.24, 2.45) is 10.2 Å². The predicted octanol–water partition coefficient (Wildman–Crippen LogP) is 2.41. The van der Waals surface area contributed by atoms with Gasteiger partial charge in [0.15, 0.2) is 11.4 Å². The molecule has 8 heteroatoms. The Hall–Kier alpha value is -2.46. The van der Waals surface area contributed by atoms with Crippen LogP contribution in [-0.4, -0.2) is 27.6 Å². The van der Waals surface area contributed by atoms with Crippen molar-refractivity contribution >= 4 is 23.5 Å². The van der Waals surface area contributed by atoms with Crippen LogP contribution in [0.5, 0.6) is 0 Å². The molecule has 0 unspecified atom stereocenters. The average molecular weight is 335 g/mol. The zero-order valence-electron chi connectivity index (χ0n) is 12.3. The van der Waals surface area contributed by atoms with E-state index in [9.17, 15) is 9.59 Å². The number of hydrogen-bond acceptors (Lipinski definition) is 5. The summed E-state index contributed by atoms with van der Waals surface area (Å²) in [5.74, 6) is 1.13. The lowest BCUT2D eigenvalue weighted by molar-refractivity contribution is -0.121. The number of carboxylic acid groups (broad SMARTS) is 1. The Morgan fingerprint density at radius 3 is 2.70 bits per heavy atom. The fourth-order valence-electron chi connectivity index (χ4n) is 1.99. The van der Waals surface area contributed by atoms with Crippen molar-refractivity contribution in [2.45, 2.75) is 37.9 Å². The Kier molecular flexibility index (Phi) is 5.29. The summed E-state index contributed by atoms with van der Waals surface area (Å²) in [6, 6.07) is 3.01. The molecule has 120 valence electrons. The number of rotatable bonds is 8. The highest BCUT2D eigenvalue weighted by Gasteiger charge is 2.39. The minimum atomic E-state index is -1.21. The lowest BCUT2D eigenvalue weighted by Gasteiger charge is -2.09. The zero-order chi connectivity index (χ0) is 16.9. The van der Waals surface area contributed by atoms with E-state index in [2.05, 4.69) is 26.4 Å². The van der Waals surface area contributed by atoms with E-state index in [4.69, 9.17) is 23.1 Å². The number of carbonyl (C=O) groups is 2. The van der Waals surface area contributed by atoms with Crippen molar-refractivity contribution in [1.29, 1.82) is 0 Å². The number of nitrogens with zero attached hydrogens (tertiary/aromatic N) is 3. The van der Waals surface area contributed by atoms with Gasteiger partial charge in [-0.25, -0.2) is 9.78 Å². The van der Waals surface area contributed by atoms with Crippen LogP contribution in [0.3, 0.4) is 0 Å². The SMILES string of the molecule is C#CCCC1(CCC(=O)NCc2ccc(Cl)c(C(=O)O)n2)N=N1. The monoisotopic (exact) mass is 334 g/mol. The molecule has 0 atom stereocenters. The van der Waals surface area contributed by atoms with Gasteiger partial charge in [-0.15, -0.1) is 12.3 Å². The molecule has 1 aliphatic heterocycles. The Morgan fingerprint density at radius 2 is 2.09 bits per heavy atom. The van der Waals surface area contributed by atoms with Crippen LogP contribution in [0, 0.1) is 12.3 Å². The molecule has 1 aromatic rings.